The first-order valence-electron chi connectivity index (χ1n) is 5.59. The zero-order valence-electron chi connectivity index (χ0n) is 10.3. The summed E-state index contributed by atoms with van der Waals surface area (Å²) in [6, 6.07) is 7.45. The molecule has 0 fully saturated rings. The van der Waals surface area contributed by atoms with E-state index in [2.05, 4.69) is 10.6 Å². The second-order valence-corrected chi connectivity index (χ2v) is 4.15. The lowest BCUT2D eigenvalue weighted by Crippen LogP contribution is -2.40. The third-order valence-corrected chi connectivity index (χ3v) is 2.49. The van der Waals surface area contributed by atoms with Crippen LogP contribution in [-0.2, 0) is 16.0 Å². The van der Waals surface area contributed by atoms with Gasteiger partial charge in [0.05, 0.1) is 13.1 Å². The molecule has 0 aromatic heterocycles. The van der Waals surface area contributed by atoms with Crippen LogP contribution in [-0.4, -0.2) is 31.4 Å². The van der Waals surface area contributed by atoms with Gasteiger partial charge in [-0.25, -0.2) is 0 Å². The zero-order valence-corrected chi connectivity index (χ0v) is 11.9. The van der Waals surface area contributed by atoms with Gasteiger partial charge < -0.3 is 16.4 Å². The molecule has 7 heteroatoms. The number of nitrogens with one attached hydrogen (secondary N) is 2. The Hall–Kier alpha value is -1.30. The van der Waals surface area contributed by atoms with Crippen LogP contribution in [0, 0.1) is 0 Å². The predicted octanol–water partition coefficient (Wildman–Crippen LogP) is 0.495. The Labute approximate surface area is 123 Å². The van der Waals surface area contributed by atoms with Crippen LogP contribution >= 0.6 is 24.0 Å². The van der Waals surface area contributed by atoms with Crippen molar-refractivity contribution in [3.8, 4) is 0 Å². The number of hydrogen-bond donors (Lipinski definition) is 3. The molecule has 0 aliphatic heterocycles. The Bertz CT molecular complexity index is 427. The van der Waals surface area contributed by atoms with Gasteiger partial charge >= 0.3 is 0 Å². The standard InChI is InChI=1S/C12H16ClN3O2.ClH/c13-10-3-1-2-9(6-10)4-5-15-12(18)8-16-11(17)7-14;/h1-3,6H,4-5,7-8,14H2,(H,15,18)(H,16,17);1H. The second-order valence-electron chi connectivity index (χ2n) is 3.71. The molecule has 0 unspecified atom stereocenters. The van der Waals surface area contributed by atoms with Crippen molar-refractivity contribution in [3.05, 3.63) is 34.9 Å². The van der Waals surface area contributed by atoms with Crippen molar-refractivity contribution in [1.29, 1.82) is 0 Å². The molecule has 2 amide bonds. The van der Waals surface area contributed by atoms with Gasteiger partial charge in [0.1, 0.15) is 0 Å². The Kier molecular flexibility index (Phi) is 8.95. The maximum atomic E-state index is 11.3. The van der Waals surface area contributed by atoms with Crippen molar-refractivity contribution in [2.75, 3.05) is 19.6 Å². The number of carbonyl (C=O) groups excluding carboxylic acids is 2. The molecule has 0 aliphatic rings. The Morgan fingerprint density at radius 2 is 1.95 bits per heavy atom. The molecule has 0 heterocycles. The number of benzene rings is 1. The molecule has 1 aromatic carbocycles. The molecular weight excluding hydrogens is 289 g/mol. The fraction of sp³-hybridized carbons (Fsp3) is 0.333. The highest BCUT2D eigenvalue weighted by Gasteiger charge is 2.03. The topological polar surface area (TPSA) is 84.2 Å². The summed E-state index contributed by atoms with van der Waals surface area (Å²) in [5.41, 5.74) is 6.14. The van der Waals surface area contributed by atoms with Gasteiger partial charge in [-0.1, -0.05) is 23.7 Å². The summed E-state index contributed by atoms with van der Waals surface area (Å²) in [4.78, 5) is 22.1. The molecule has 0 bridgehead atoms. The van der Waals surface area contributed by atoms with Crippen molar-refractivity contribution in [2.24, 2.45) is 5.73 Å². The van der Waals surface area contributed by atoms with Crippen LogP contribution in [0.5, 0.6) is 0 Å². The van der Waals surface area contributed by atoms with Gasteiger partial charge in [-0.15, -0.1) is 12.4 Å². The van der Waals surface area contributed by atoms with E-state index in [-0.39, 0.29) is 37.3 Å². The molecule has 0 saturated heterocycles. The molecule has 106 valence electrons. The first-order chi connectivity index (χ1) is 8.61. The van der Waals surface area contributed by atoms with E-state index in [9.17, 15) is 9.59 Å². The number of hydrogen-bond acceptors (Lipinski definition) is 3. The lowest BCUT2D eigenvalue weighted by Gasteiger charge is -2.06. The minimum absolute atomic E-state index is 0. The van der Waals surface area contributed by atoms with Gasteiger partial charge in [0.15, 0.2) is 0 Å². The van der Waals surface area contributed by atoms with E-state index in [1.54, 1.807) is 6.07 Å². The number of carbonyl (C=O) groups is 2. The van der Waals surface area contributed by atoms with E-state index in [0.29, 0.717) is 18.0 Å². The maximum Gasteiger partial charge on any atom is 0.239 e. The van der Waals surface area contributed by atoms with Crippen LogP contribution in [0.1, 0.15) is 5.56 Å². The highest BCUT2D eigenvalue weighted by atomic mass is 35.5. The van der Waals surface area contributed by atoms with E-state index in [1.807, 2.05) is 18.2 Å². The number of rotatable bonds is 6. The van der Waals surface area contributed by atoms with Gasteiger partial charge in [0, 0.05) is 11.6 Å². The van der Waals surface area contributed by atoms with E-state index >= 15 is 0 Å². The fourth-order valence-electron chi connectivity index (χ4n) is 1.35. The summed E-state index contributed by atoms with van der Waals surface area (Å²) in [5, 5.41) is 5.76. The summed E-state index contributed by atoms with van der Waals surface area (Å²) < 4.78 is 0. The van der Waals surface area contributed by atoms with Crippen LogP contribution in [0.2, 0.25) is 5.02 Å². The summed E-state index contributed by atoms with van der Waals surface area (Å²) in [5.74, 6) is -0.584. The second kappa shape index (κ2) is 9.61. The third kappa shape index (κ3) is 7.66. The fourth-order valence-corrected chi connectivity index (χ4v) is 1.57. The van der Waals surface area contributed by atoms with Crippen molar-refractivity contribution in [3.63, 3.8) is 0 Å². The van der Waals surface area contributed by atoms with Crippen LogP contribution in [0.3, 0.4) is 0 Å². The maximum absolute atomic E-state index is 11.3. The quantitative estimate of drug-likeness (QED) is 0.715. The molecule has 5 nitrogen and oxygen atoms in total. The van der Waals surface area contributed by atoms with Crippen molar-refractivity contribution >= 4 is 35.8 Å². The average Bonchev–Trinajstić information content (AvgIpc) is 2.36. The van der Waals surface area contributed by atoms with E-state index in [0.717, 1.165) is 5.56 Å². The van der Waals surface area contributed by atoms with Gasteiger partial charge in [-0.05, 0) is 24.1 Å². The smallest absolute Gasteiger partial charge is 0.239 e. The summed E-state index contributed by atoms with van der Waals surface area (Å²) in [7, 11) is 0. The van der Waals surface area contributed by atoms with Crippen molar-refractivity contribution in [1.82, 2.24) is 10.6 Å². The number of halogens is 2. The minimum atomic E-state index is -0.347. The van der Waals surface area contributed by atoms with E-state index in [4.69, 9.17) is 17.3 Å². The predicted molar refractivity (Wildman–Crippen MR) is 77.5 cm³/mol. The molecule has 19 heavy (non-hydrogen) atoms. The molecule has 0 aliphatic carbocycles. The highest BCUT2D eigenvalue weighted by molar-refractivity contribution is 6.30. The molecule has 0 atom stereocenters. The normalized spacial score (nSPS) is 9.37. The van der Waals surface area contributed by atoms with Gasteiger partial charge in [-0.2, -0.15) is 0 Å². The Balaban J connectivity index is 0.00000324. The summed E-state index contributed by atoms with van der Waals surface area (Å²) >= 11 is 5.84. The molecule has 4 N–H and O–H groups in total. The van der Waals surface area contributed by atoms with Crippen molar-refractivity contribution in [2.45, 2.75) is 6.42 Å². The Morgan fingerprint density at radius 1 is 1.21 bits per heavy atom. The average molecular weight is 306 g/mol. The molecule has 1 aromatic rings. The van der Waals surface area contributed by atoms with E-state index in [1.165, 1.54) is 0 Å². The first-order valence-corrected chi connectivity index (χ1v) is 5.97. The minimum Gasteiger partial charge on any atom is -0.354 e. The van der Waals surface area contributed by atoms with E-state index < -0.39 is 0 Å². The van der Waals surface area contributed by atoms with Gasteiger partial charge in [0.2, 0.25) is 11.8 Å². The first kappa shape index (κ1) is 17.7. The highest BCUT2D eigenvalue weighted by Crippen LogP contribution is 2.10. The van der Waals surface area contributed by atoms with Crippen LogP contribution in [0.25, 0.3) is 0 Å². The molecule has 0 saturated carbocycles. The van der Waals surface area contributed by atoms with Crippen LogP contribution < -0.4 is 16.4 Å². The molecular formula is C12H17Cl2N3O2. The largest absolute Gasteiger partial charge is 0.354 e. The summed E-state index contributed by atoms with van der Waals surface area (Å²) in [6.07, 6.45) is 0.692. The van der Waals surface area contributed by atoms with Crippen LogP contribution in [0.4, 0.5) is 0 Å². The molecule has 1 rings (SSSR count). The molecule has 0 radical (unpaired) electrons. The van der Waals surface area contributed by atoms with Gasteiger partial charge in [0.25, 0.3) is 0 Å². The monoisotopic (exact) mass is 305 g/mol. The Morgan fingerprint density at radius 3 is 2.58 bits per heavy atom. The lowest BCUT2D eigenvalue weighted by molar-refractivity contribution is -0.125. The summed E-state index contributed by atoms with van der Waals surface area (Å²) in [6.45, 7) is 0.332. The number of nitrogens with two attached hydrogens (primary N) is 1. The molecule has 0 spiro atoms. The number of amides is 2. The van der Waals surface area contributed by atoms with Gasteiger partial charge in [-0.3, -0.25) is 9.59 Å². The van der Waals surface area contributed by atoms with Crippen molar-refractivity contribution < 1.29 is 9.59 Å². The SMILES string of the molecule is Cl.NCC(=O)NCC(=O)NCCc1cccc(Cl)c1. The lowest BCUT2D eigenvalue weighted by atomic mass is 10.1. The third-order valence-electron chi connectivity index (χ3n) is 2.26. The van der Waals surface area contributed by atoms with Crippen LogP contribution in [0.15, 0.2) is 24.3 Å². The zero-order chi connectivity index (χ0) is 13.4.